The second-order valence-corrected chi connectivity index (χ2v) is 10.4. The van der Waals surface area contributed by atoms with Crippen LogP contribution in [0.2, 0.25) is 0 Å². The van der Waals surface area contributed by atoms with E-state index in [-0.39, 0.29) is 17.2 Å². The van der Waals surface area contributed by atoms with Gasteiger partial charge in [-0.1, -0.05) is 66.7 Å². The molecule has 4 aromatic rings. The molecule has 32 heavy (non-hydrogen) atoms. The van der Waals surface area contributed by atoms with Crippen molar-refractivity contribution < 1.29 is 13.2 Å². The molecule has 0 fully saturated rings. The minimum Gasteiger partial charge on any atom is -0.302 e. The van der Waals surface area contributed by atoms with Gasteiger partial charge in [0.1, 0.15) is 0 Å². The van der Waals surface area contributed by atoms with Crippen LogP contribution >= 0.6 is 11.3 Å². The standard InChI is InChI=1S/C25H22N2O3S2/c1-32(29,30)22-13-9-20(10-14-22)16-24(28)27-25-26-23(17-31-25)21-11-7-19(8-12-21)15-18-5-3-2-4-6-18/h2-14,17H,15-16H2,1H3,(H,26,27,28). The summed E-state index contributed by atoms with van der Waals surface area (Å²) in [5.74, 6) is -0.198. The van der Waals surface area contributed by atoms with Gasteiger partial charge in [-0.2, -0.15) is 0 Å². The molecule has 0 saturated heterocycles. The number of nitrogens with zero attached hydrogens (tertiary/aromatic N) is 1. The van der Waals surface area contributed by atoms with Gasteiger partial charge in [-0.15, -0.1) is 11.3 Å². The van der Waals surface area contributed by atoms with Crippen molar-refractivity contribution in [3.63, 3.8) is 0 Å². The van der Waals surface area contributed by atoms with Crippen molar-refractivity contribution in [2.24, 2.45) is 0 Å². The minimum atomic E-state index is -3.25. The molecular weight excluding hydrogens is 440 g/mol. The average molecular weight is 463 g/mol. The number of rotatable bonds is 7. The molecule has 1 aromatic heterocycles. The molecule has 3 aromatic carbocycles. The largest absolute Gasteiger partial charge is 0.302 e. The number of amides is 1. The number of hydrogen-bond acceptors (Lipinski definition) is 5. The Morgan fingerprint density at radius 3 is 2.16 bits per heavy atom. The van der Waals surface area contributed by atoms with Crippen molar-refractivity contribution in [2.75, 3.05) is 11.6 Å². The van der Waals surface area contributed by atoms with Gasteiger partial charge in [-0.25, -0.2) is 13.4 Å². The van der Waals surface area contributed by atoms with Crippen molar-refractivity contribution in [1.82, 2.24) is 4.98 Å². The molecule has 0 atom stereocenters. The summed E-state index contributed by atoms with van der Waals surface area (Å²) < 4.78 is 23.1. The Balaban J connectivity index is 1.36. The third kappa shape index (κ3) is 5.69. The molecule has 0 bridgehead atoms. The second-order valence-electron chi connectivity index (χ2n) is 7.54. The third-order valence-electron chi connectivity index (χ3n) is 4.97. The fraction of sp³-hybridized carbons (Fsp3) is 0.120. The van der Waals surface area contributed by atoms with Gasteiger partial charge >= 0.3 is 0 Å². The summed E-state index contributed by atoms with van der Waals surface area (Å²) in [4.78, 5) is 17.1. The smallest absolute Gasteiger partial charge is 0.230 e. The highest BCUT2D eigenvalue weighted by molar-refractivity contribution is 7.90. The first-order valence-corrected chi connectivity index (χ1v) is 12.8. The van der Waals surface area contributed by atoms with E-state index in [2.05, 4.69) is 34.6 Å². The van der Waals surface area contributed by atoms with Crippen LogP contribution in [0.5, 0.6) is 0 Å². The van der Waals surface area contributed by atoms with Crippen LogP contribution in [-0.2, 0) is 27.5 Å². The Kier molecular flexibility index (Phi) is 6.48. The van der Waals surface area contributed by atoms with Crippen molar-refractivity contribution >= 4 is 32.2 Å². The highest BCUT2D eigenvalue weighted by atomic mass is 32.2. The topological polar surface area (TPSA) is 76.1 Å². The average Bonchev–Trinajstić information content (AvgIpc) is 3.23. The molecule has 4 rings (SSSR count). The molecule has 0 radical (unpaired) electrons. The van der Waals surface area contributed by atoms with E-state index in [1.807, 2.05) is 35.7 Å². The second kappa shape index (κ2) is 9.46. The monoisotopic (exact) mass is 462 g/mol. The van der Waals surface area contributed by atoms with Gasteiger partial charge in [0, 0.05) is 17.2 Å². The van der Waals surface area contributed by atoms with Crippen LogP contribution in [0.3, 0.4) is 0 Å². The van der Waals surface area contributed by atoms with Gasteiger partial charge in [0.05, 0.1) is 17.0 Å². The van der Waals surface area contributed by atoms with E-state index in [1.165, 1.54) is 34.6 Å². The molecule has 0 spiro atoms. The lowest BCUT2D eigenvalue weighted by molar-refractivity contribution is -0.115. The van der Waals surface area contributed by atoms with Gasteiger partial charge in [0.25, 0.3) is 0 Å². The Hall–Kier alpha value is -3.29. The molecule has 1 amide bonds. The number of anilines is 1. The molecule has 1 N–H and O–H groups in total. The Morgan fingerprint density at radius 1 is 0.875 bits per heavy atom. The van der Waals surface area contributed by atoms with Crippen LogP contribution in [0.15, 0.2) is 89.1 Å². The third-order valence-corrected chi connectivity index (χ3v) is 6.85. The molecule has 0 aliphatic carbocycles. The van der Waals surface area contributed by atoms with Crippen LogP contribution in [-0.4, -0.2) is 25.6 Å². The maximum atomic E-state index is 12.4. The Bertz CT molecular complexity index is 1310. The lowest BCUT2D eigenvalue weighted by Crippen LogP contribution is -2.14. The number of sulfone groups is 1. The van der Waals surface area contributed by atoms with Gasteiger partial charge in [0.15, 0.2) is 15.0 Å². The number of aromatic nitrogens is 1. The van der Waals surface area contributed by atoms with Crippen LogP contribution in [0.4, 0.5) is 5.13 Å². The van der Waals surface area contributed by atoms with Gasteiger partial charge < -0.3 is 5.32 Å². The summed E-state index contributed by atoms with van der Waals surface area (Å²) in [7, 11) is -3.25. The van der Waals surface area contributed by atoms with E-state index in [1.54, 1.807) is 12.1 Å². The van der Waals surface area contributed by atoms with Gasteiger partial charge in [-0.05, 0) is 35.2 Å². The predicted octanol–water partition coefficient (Wildman–Crippen LogP) is 4.99. The lowest BCUT2D eigenvalue weighted by Gasteiger charge is -2.04. The molecule has 0 saturated carbocycles. The van der Waals surface area contributed by atoms with Crippen molar-refractivity contribution in [1.29, 1.82) is 0 Å². The number of carbonyl (C=O) groups excluding carboxylic acids is 1. The summed E-state index contributed by atoms with van der Waals surface area (Å²) >= 11 is 1.37. The van der Waals surface area contributed by atoms with E-state index in [9.17, 15) is 13.2 Å². The van der Waals surface area contributed by atoms with Crippen molar-refractivity contribution in [3.8, 4) is 11.3 Å². The first kappa shape index (κ1) is 21.9. The van der Waals surface area contributed by atoms with E-state index in [0.29, 0.717) is 5.13 Å². The molecule has 5 nitrogen and oxygen atoms in total. The van der Waals surface area contributed by atoms with Crippen LogP contribution in [0.1, 0.15) is 16.7 Å². The van der Waals surface area contributed by atoms with Crippen molar-refractivity contribution in [2.45, 2.75) is 17.7 Å². The number of hydrogen-bond donors (Lipinski definition) is 1. The summed E-state index contributed by atoms with van der Waals surface area (Å²) in [5.41, 5.74) is 5.04. The molecule has 162 valence electrons. The molecule has 0 aliphatic heterocycles. The van der Waals surface area contributed by atoms with Gasteiger partial charge in [0.2, 0.25) is 5.91 Å². The fourth-order valence-electron chi connectivity index (χ4n) is 3.29. The van der Waals surface area contributed by atoms with Crippen LogP contribution < -0.4 is 5.32 Å². The molecule has 0 unspecified atom stereocenters. The number of benzene rings is 3. The fourth-order valence-corrected chi connectivity index (χ4v) is 4.66. The highest BCUT2D eigenvalue weighted by Crippen LogP contribution is 2.26. The molecule has 7 heteroatoms. The van der Waals surface area contributed by atoms with E-state index in [4.69, 9.17) is 0 Å². The predicted molar refractivity (Wildman–Crippen MR) is 129 cm³/mol. The summed E-state index contributed by atoms with van der Waals surface area (Å²) in [6.07, 6.45) is 2.18. The van der Waals surface area contributed by atoms with E-state index < -0.39 is 9.84 Å². The highest BCUT2D eigenvalue weighted by Gasteiger charge is 2.11. The number of nitrogens with one attached hydrogen (secondary N) is 1. The first-order valence-electron chi connectivity index (χ1n) is 10.0. The normalized spacial score (nSPS) is 11.3. The molecule has 0 aliphatic rings. The lowest BCUT2D eigenvalue weighted by atomic mass is 10.0. The van der Waals surface area contributed by atoms with Crippen LogP contribution in [0, 0.1) is 0 Å². The zero-order valence-electron chi connectivity index (χ0n) is 17.5. The van der Waals surface area contributed by atoms with Crippen LogP contribution in [0.25, 0.3) is 11.3 Å². The summed E-state index contributed by atoms with van der Waals surface area (Å²) in [6.45, 7) is 0. The Morgan fingerprint density at radius 2 is 1.50 bits per heavy atom. The maximum absolute atomic E-state index is 12.4. The zero-order chi connectivity index (χ0) is 22.6. The quantitative estimate of drug-likeness (QED) is 0.420. The summed E-state index contributed by atoms with van der Waals surface area (Å²) in [5, 5.41) is 5.27. The van der Waals surface area contributed by atoms with Crippen molar-refractivity contribution in [3.05, 3.63) is 101 Å². The van der Waals surface area contributed by atoms with E-state index >= 15 is 0 Å². The van der Waals surface area contributed by atoms with Gasteiger partial charge in [-0.3, -0.25) is 4.79 Å². The SMILES string of the molecule is CS(=O)(=O)c1ccc(CC(=O)Nc2nc(-c3ccc(Cc4ccccc4)cc3)cs2)cc1. The Labute approximate surface area is 191 Å². The van der Waals surface area contributed by atoms with E-state index in [0.717, 1.165) is 29.5 Å². The minimum absolute atomic E-state index is 0.146. The maximum Gasteiger partial charge on any atom is 0.230 e. The zero-order valence-corrected chi connectivity index (χ0v) is 19.1. The first-order chi connectivity index (χ1) is 15.4. The molecular formula is C25H22N2O3S2. The number of carbonyl (C=O) groups is 1. The molecule has 1 heterocycles. The summed E-state index contributed by atoms with van der Waals surface area (Å²) in [6, 6.07) is 24.9. The number of thiazole rings is 1.